The van der Waals surface area contributed by atoms with E-state index in [4.69, 9.17) is 10.9 Å². The Morgan fingerprint density at radius 2 is 2.42 bits per heavy atom. The molecule has 0 spiro atoms. The number of nitrogens with zero attached hydrogens (tertiary/aromatic N) is 1. The van der Waals surface area contributed by atoms with E-state index in [-0.39, 0.29) is 5.92 Å². The summed E-state index contributed by atoms with van der Waals surface area (Å²) in [4.78, 5) is 0. The van der Waals surface area contributed by atoms with Gasteiger partial charge in [-0.3, -0.25) is 4.57 Å². The van der Waals surface area contributed by atoms with Crippen LogP contribution >= 0.6 is 7.52 Å². The van der Waals surface area contributed by atoms with Gasteiger partial charge >= 0.3 is 0 Å². The van der Waals surface area contributed by atoms with Crippen LogP contribution in [0.3, 0.4) is 0 Å². The molecular formula is C8H14NO2P. The van der Waals surface area contributed by atoms with Gasteiger partial charge in [0.2, 0.25) is 0 Å². The average Bonchev–Trinajstić information content (AvgIpc) is 2.10. The molecule has 0 saturated carbocycles. The molecule has 1 heterocycles. The van der Waals surface area contributed by atoms with E-state index >= 15 is 0 Å². The quantitative estimate of drug-likeness (QED) is 0.459. The first kappa shape index (κ1) is 9.80. The lowest BCUT2D eigenvalue weighted by atomic mass is 10.1. The maximum absolute atomic E-state index is 11.9. The zero-order valence-corrected chi connectivity index (χ0v) is 8.38. The number of rotatable bonds is 1. The van der Waals surface area contributed by atoms with Gasteiger partial charge in [0.15, 0.2) is 0 Å². The summed E-state index contributed by atoms with van der Waals surface area (Å²) in [6, 6.07) is 0. The Kier molecular flexibility index (Phi) is 2.95. The largest absolute Gasteiger partial charge is 0.321 e. The number of hydrogen-bond acceptors (Lipinski definition) is 2. The topological polar surface area (TPSA) is 29.5 Å². The average molecular weight is 187 g/mol. The molecule has 2 atom stereocenters. The molecular weight excluding hydrogens is 173 g/mol. The second-order valence-electron chi connectivity index (χ2n) is 3.04. The van der Waals surface area contributed by atoms with Crippen LogP contribution in [0.1, 0.15) is 6.42 Å². The molecule has 68 valence electrons. The van der Waals surface area contributed by atoms with Crippen LogP contribution in [0.4, 0.5) is 0 Å². The molecule has 0 amide bonds. The first-order valence-corrected chi connectivity index (χ1v) is 5.71. The van der Waals surface area contributed by atoms with E-state index in [9.17, 15) is 4.57 Å². The predicted octanol–water partition coefficient (Wildman–Crippen LogP) is 1.41. The van der Waals surface area contributed by atoms with Crippen molar-refractivity contribution in [3.8, 4) is 12.3 Å². The molecule has 0 aromatic heterocycles. The first-order chi connectivity index (χ1) is 5.62. The number of hydrogen-bond donors (Lipinski definition) is 0. The van der Waals surface area contributed by atoms with E-state index in [0.717, 1.165) is 13.0 Å². The predicted molar refractivity (Wildman–Crippen MR) is 49.1 cm³/mol. The Hall–Kier alpha value is -0.290. The van der Waals surface area contributed by atoms with Crippen molar-refractivity contribution in [3.05, 3.63) is 0 Å². The molecule has 2 unspecified atom stereocenters. The maximum atomic E-state index is 11.9. The molecule has 1 saturated heterocycles. The Morgan fingerprint density at radius 1 is 1.75 bits per heavy atom. The van der Waals surface area contributed by atoms with E-state index in [0.29, 0.717) is 6.16 Å². The minimum atomic E-state index is -2.57. The standard InChI is InChI=1S/C8H14NO2P/c1-4-8-5-6-9(2)12(10,7-8)11-3/h1,8H,5-7H2,2-3H3. The van der Waals surface area contributed by atoms with Crippen molar-refractivity contribution in [3.63, 3.8) is 0 Å². The SMILES string of the molecule is C#CC1CCN(C)P(=O)(OC)C1. The van der Waals surface area contributed by atoms with E-state index in [1.807, 2.05) is 7.05 Å². The summed E-state index contributed by atoms with van der Waals surface area (Å²) < 4.78 is 18.7. The van der Waals surface area contributed by atoms with Gasteiger partial charge < -0.3 is 4.52 Å². The Balaban J connectivity index is 2.73. The Morgan fingerprint density at radius 3 is 2.92 bits per heavy atom. The summed E-state index contributed by atoms with van der Waals surface area (Å²) in [5, 5.41) is 0. The third-order valence-electron chi connectivity index (χ3n) is 2.29. The fourth-order valence-electron chi connectivity index (χ4n) is 1.35. The van der Waals surface area contributed by atoms with Crippen LogP contribution in [0.15, 0.2) is 0 Å². The molecule has 0 aliphatic carbocycles. The van der Waals surface area contributed by atoms with E-state index < -0.39 is 7.52 Å². The van der Waals surface area contributed by atoms with Crippen molar-refractivity contribution in [1.82, 2.24) is 4.67 Å². The van der Waals surface area contributed by atoms with Crippen LogP contribution in [-0.2, 0) is 9.09 Å². The van der Waals surface area contributed by atoms with Gasteiger partial charge in [0.05, 0.1) is 6.16 Å². The fourth-order valence-corrected chi connectivity index (χ4v) is 3.33. The summed E-state index contributed by atoms with van der Waals surface area (Å²) in [5.74, 6) is 2.75. The minimum Gasteiger partial charge on any atom is -0.321 e. The highest BCUT2D eigenvalue weighted by Gasteiger charge is 2.34. The van der Waals surface area contributed by atoms with Gasteiger partial charge in [-0.1, -0.05) is 0 Å². The Labute approximate surface area is 73.6 Å². The monoisotopic (exact) mass is 187 g/mol. The fraction of sp³-hybridized carbons (Fsp3) is 0.750. The molecule has 1 aliphatic rings. The van der Waals surface area contributed by atoms with E-state index in [1.165, 1.54) is 7.11 Å². The second kappa shape index (κ2) is 3.62. The van der Waals surface area contributed by atoms with Crippen molar-refractivity contribution < 1.29 is 9.09 Å². The van der Waals surface area contributed by atoms with Crippen LogP contribution in [0.2, 0.25) is 0 Å². The molecule has 4 heteroatoms. The van der Waals surface area contributed by atoms with Crippen LogP contribution in [-0.4, -0.2) is 31.5 Å². The van der Waals surface area contributed by atoms with Gasteiger partial charge in [0, 0.05) is 19.6 Å². The van der Waals surface area contributed by atoms with Crippen molar-refractivity contribution >= 4 is 7.52 Å². The van der Waals surface area contributed by atoms with Gasteiger partial charge in [0.25, 0.3) is 7.52 Å². The highest BCUT2D eigenvalue weighted by Crippen LogP contribution is 2.53. The van der Waals surface area contributed by atoms with E-state index in [1.54, 1.807) is 4.67 Å². The summed E-state index contributed by atoms with van der Waals surface area (Å²) in [6.45, 7) is 0.764. The molecule has 0 aromatic rings. The maximum Gasteiger partial charge on any atom is 0.273 e. The van der Waals surface area contributed by atoms with Gasteiger partial charge in [-0.25, -0.2) is 4.67 Å². The molecule has 0 radical (unpaired) electrons. The summed E-state index contributed by atoms with van der Waals surface area (Å²) in [5.41, 5.74) is 0. The second-order valence-corrected chi connectivity index (χ2v) is 5.72. The lowest BCUT2D eigenvalue weighted by Gasteiger charge is -2.33. The van der Waals surface area contributed by atoms with Gasteiger partial charge in [0.1, 0.15) is 0 Å². The third-order valence-corrected chi connectivity index (χ3v) is 5.01. The first-order valence-electron chi connectivity index (χ1n) is 3.95. The van der Waals surface area contributed by atoms with Crippen molar-refractivity contribution in [2.45, 2.75) is 6.42 Å². The normalized spacial score (nSPS) is 37.6. The molecule has 0 bridgehead atoms. The van der Waals surface area contributed by atoms with Crippen molar-refractivity contribution in [2.75, 3.05) is 26.9 Å². The molecule has 0 aromatic carbocycles. The summed E-state index contributed by atoms with van der Waals surface area (Å²) in [6.07, 6.45) is 6.69. The molecule has 1 rings (SSSR count). The molecule has 12 heavy (non-hydrogen) atoms. The molecule has 1 aliphatic heterocycles. The zero-order valence-electron chi connectivity index (χ0n) is 7.49. The van der Waals surface area contributed by atoms with Crippen molar-refractivity contribution in [1.29, 1.82) is 0 Å². The summed E-state index contributed by atoms with van der Waals surface area (Å²) in [7, 11) is 0.732. The summed E-state index contributed by atoms with van der Waals surface area (Å²) >= 11 is 0. The van der Waals surface area contributed by atoms with Gasteiger partial charge in [-0.15, -0.1) is 12.3 Å². The minimum absolute atomic E-state index is 0.118. The molecule has 0 N–H and O–H groups in total. The van der Waals surface area contributed by atoms with Gasteiger partial charge in [-0.05, 0) is 13.5 Å². The highest BCUT2D eigenvalue weighted by atomic mass is 31.2. The zero-order chi connectivity index (χ0) is 9.19. The number of terminal acetylenes is 1. The lowest BCUT2D eigenvalue weighted by Crippen LogP contribution is -2.29. The Bertz CT molecular complexity index is 246. The highest BCUT2D eigenvalue weighted by molar-refractivity contribution is 7.56. The lowest BCUT2D eigenvalue weighted by molar-refractivity contribution is 0.299. The van der Waals surface area contributed by atoms with Crippen LogP contribution in [0, 0.1) is 18.3 Å². The van der Waals surface area contributed by atoms with Gasteiger partial charge in [-0.2, -0.15) is 0 Å². The van der Waals surface area contributed by atoms with Crippen LogP contribution < -0.4 is 0 Å². The van der Waals surface area contributed by atoms with Crippen molar-refractivity contribution in [2.24, 2.45) is 5.92 Å². The third kappa shape index (κ3) is 1.72. The van der Waals surface area contributed by atoms with Crippen LogP contribution in [0.25, 0.3) is 0 Å². The smallest absolute Gasteiger partial charge is 0.273 e. The van der Waals surface area contributed by atoms with E-state index in [2.05, 4.69) is 5.92 Å². The van der Waals surface area contributed by atoms with Crippen LogP contribution in [0.5, 0.6) is 0 Å². The molecule has 3 nitrogen and oxygen atoms in total. The molecule has 1 fully saturated rings.